The van der Waals surface area contributed by atoms with E-state index in [2.05, 4.69) is 0 Å². The lowest BCUT2D eigenvalue weighted by atomic mass is 9.75. The quantitative estimate of drug-likeness (QED) is 0.838. The van der Waals surface area contributed by atoms with Crippen molar-refractivity contribution >= 4 is 23.2 Å². The zero-order valence-electron chi connectivity index (χ0n) is 12.4. The van der Waals surface area contributed by atoms with E-state index in [1.807, 2.05) is 0 Å². The second-order valence-corrected chi connectivity index (χ2v) is 5.79. The molecule has 6 heteroatoms. The Balaban J connectivity index is 2.19. The van der Waals surface area contributed by atoms with E-state index in [0.29, 0.717) is 11.3 Å². The Hall–Kier alpha value is -2.01. The highest BCUT2D eigenvalue weighted by Crippen LogP contribution is 2.51. The Morgan fingerprint density at radius 1 is 1.27 bits per heavy atom. The fourth-order valence-electron chi connectivity index (χ4n) is 3.08. The van der Waals surface area contributed by atoms with Gasteiger partial charge in [0.15, 0.2) is 17.3 Å². The van der Waals surface area contributed by atoms with Crippen molar-refractivity contribution in [2.24, 2.45) is 5.92 Å². The molecule has 0 bridgehead atoms. The summed E-state index contributed by atoms with van der Waals surface area (Å²) in [5, 5.41) is 0.241. The number of ether oxygens (including phenoxy) is 3. The van der Waals surface area contributed by atoms with Gasteiger partial charge >= 0.3 is 0 Å². The number of fused-ring (bicyclic) bond motifs is 1. The number of ketones is 2. The Morgan fingerprint density at radius 3 is 2.64 bits per heavy atom. The molecule has 0 unspecified atom stereocenters. The molecule has 1 aromatic carbocycles. The van der Waals surface area contributed by atoms with Crippen LogP contribution in [0.25, 0.3) is 0 Å². The monoisotopic (exact) mass is 322 g/mol. The summed E-state index contributed by atoms with van der Waals surface area (Å²) in [6.45, 7) is 1.79. The summed E-state index contributed by atoms with van der Waals surface area (Å²) < 4.78 is 16.4. The van der Waals surface area contributed by atoms with Crippen LogP contribution in [0, 0.1) is 5.92 Å². The van der Waals surface area contributed by atoms with E-state index in [1.54, 1.807) is 19.1 Å². The van der Waals surface area contributed by atoms with E-state index < -0.39 is 5.60 Å². The van der Waals surface area contributed by atoms with Gasteiger partial charge < -0.3 is 14.2 Å². The number of allylic oxidation sites excluding steroid dienone is 1. The summed E-state index contributed by atoms with van der Waals surface area (Å²) in [5.74, 6) is 0.212. The van der Waals surface area contributed by atoms with Gasteiger partial charge in [-0.05, 0) is 12.1 Å². The van der Waals surface area contributed by atoms with E-state index in [0.717, 1.165) is 0 Å². The molecule has 1 heterocycles. The number of carbonyl (C=O) groups excluding carboxylic acids is 2. The first-order valence-corrected chi connectivity index (χ1v) is 7.22. The summed E-state index contributed by atoms with van der Waals surface area (Å²) in [6.07, 6.45) is 1.54. The third-order valence-corrected chi connectivity index (χ3v) is 4.56. The van der Waals surface area contributed by atoms with Gasteiger partial charge in [0.05, 0.1) is 19.8 Å². The molecular formula is C16H15ClO5. The van der Waals surface area contributed by atoms with Crippen molar-refractivity contribution < 1.29 is 23.8 Å². The van der Waals surface area contributed by atoms with Gasteiger partial charge in [0.25, 0.3) is 0 Å². The minimum atomic E-state index is -1.33. The lowest BCUT2D eigenvalue weighted by Gasteiger charge is -2.36. The smallest absolute Gasteiger partial charge is 0.231 e. The molecule has 0 radical (unpaired) electrons. The van der Waals surface area contributed by atoms with Crippen LogP contribution in [-0.4, -0.2) is 31.4 Å². The van der Waals surface area contributed by atoms with Gasteiger partial charge in [-0.2, -0.15) is 0 Å². The molecule has 116 valence electrons. The maximum absolute atomic E-state index is 13.0. The molecule has 5 nitrogen and oxygen atoms in total. The predicted molar refractivity (Wildman–Crippen MR) is 79.6 cm³/mol. The summed E-state index contributed by atoms with van der Waals surface area (Å²) >= 11 is 6.26. The molecule has 2 atom stereocenters. The molecule has 0 fully saturated rings. The van der Waals surface area contributed by atoms with Crippen molar-refractivity contribution in [2.75, 3.05) is 14.2 Å². The average molecular weight is 323 g/mol. The van der Waals surface area contributed by atoms with Crippen molar-refractivity contribution in [2.45, 2.75) is 18.9 Å². The molecule has 0 saturated heterocycles. The fourth-order valence-corrected chi connectivity index (χ4v) is 3.36. The Morgan fingerprint density at radius 2 is 2.00 bits per heavy atom. The van der Waals surface area contributed by atoms with Gasteiger partial charge in [0, 0.05) is 18.4 Å². The molecule has 22 heavy (non-hydrogen) atoms. The summed E-state index contributed by atoms with van der Waals surface area (Å²) in [6, 6.07) is 3.24. The van der Waals surface area contributed by atoms with Gasteiger partial charge in [-0.1, -0.05) is 18.5 Å². The number of hydrogen-bond acceptors (Lipinski definition) is 5. The van der Waals surface area contributed by atoms with Crippen LogP contribution < -0.4 is 9.47 Å². The standard InChI is InChI=1S/C16H15ClO5/c1-8-6-9(18)7-12(21-3)16(8)15(19)10-4-5-11(20-2)13(17)14(10)22-16/h4-5,7-8H,6H2,1-3H3/t8-,16+/m1/s1. The maximum atomic E-state index is 13.0. The lowest BCUT2D eigenvalue weighted by Crippen LogP contribution is -2.51. The van der Waals surface area contributed by atoms with Crippen LogP contribution in [0.3, 0.4) is 0 Å². The molecule has 0 saturated carbocycles. The fraction of sp³-hybridized carbons (Fsp3) is 0.375. The number of hydrogen-bond donors (Lipinski definition) is 0. The highest BCUT2D eigenvalue weighted by molar-refractivity contribution is 6.35. The highest BCUT2D eigenvalue weighted by Gasteiger charge is 2.58. The number of carbonyl (C=O) groups is 2. The number of halogens is 1. The van der Waals surface area contributed by atoms with Gasteiger partial charge in [0.1, 0.15) is 10.8 Å². The SMILES string of the molecule is COC1=CC(=O)C[C@@H](C)[C@]12Oc1c(ccc(OC)c1Cl)C2=O. The summed E-state index contributed by atoms with van der Waals surface area (Å²) in [5.41, 5.74) is -0.962. The number of rotatable bonds is 2. The molecule has 1 aliphatic carbocycles. The molecule has 0 amide bonds. The number of methoxy groups -OCH3 is 2. The molecule has 0 N–H and O–H groups in total. The second-order valence-electron chi connectivity index (χ2n) is 5.41. The Labute approximate surface area is 132 Å². The van der Waals surface area contributed by atoms with E-state index in [9.17, 15) is 9.59 Å². The van der Waals surface area contributed by atoms with Crippen LogP contribution in [0.4, 0.5) is 0 Å². The van der Waals surface area contributed by atoms with E-state index >= 15 is 0 Å². The summed E-state index contributed by atoms with van der Waals surface area (Å²) in [4.78, 5) is 24.7. The number of Topliss-reactive ketones (excluding diaryl/α,β-unsaturated/α-hetero) is 1. The van der Waals surface area contributed by atoms with Crippen molar-refractivity contribution in [3.05, 3.63) is 34.6 Å². The molecule has 0 aromatic heterocycles. The first-order valence-electron chi connectivity index (χ1n) is 6.85. The minimum absolute atomic E-state index is 0.0917. The first-order chi connectivity index (χ1) is 10.5. The topological polar surface area (TPSA) is 61.8 Å². The molecule has 2 aliphatic rings. The van der Waals surface area contributed by atoms with Crippen LogP contribution in [0.2, 0.25) is 5.02 Å². The Bertz CT molecular complexity index is 709. The predicted octanol–water partition coefficient (Wildman–Crippen LogP) is 2.80. The average Bonchev–Trinajstić information content (AvgIpc) is 2.79. The lowest BCUT2D eigenvalue weighted by molar-refractivity contribution is -0.118. The van der Waals surface area contributed by atoms with E-state index in [1.165, 1.54) is 20.3 Å². The molecule has 1 aliphatic heterocycles. The third-order valence-electron chi connectivity index (χ3n) is 4.21. The van der Waals surface area contributed by atoms with Crippen molar-refractivity contribution in [1.82, 2.24) is 0 Å². The van der Waals surface area contributed by atoms with Crippen molar-refractivity contribution in [3.8, 4) is 11.5 Å². The van der Waals surface area contributed by atoms with Crippen molar-refractivity contribution in [3.63, 3.8) is 0 Å². The zero-order valence-corrected chi connectivity index (χ0v) is 13.2. The molecule has 1 aromatic rings. The summed E-state index contributed by atoms with van der Waals surface area (Å²) in [7, 11) is 2.91. The van der Waals surface area contributed by atoms with Crippen LogP contribution in [0.1, 0.15) is 23.7 Å². The third kappa shape index (κ3) is 1.78. The minimum Gasteiger partial charge on any atom is -0.496 e. The van der Waals surface area contributed by atoms with E-state index in [-0.39, 0.29) is 40.4 Å². The van der Waals surface area contributed by atoms with Crippen LogP contribution >= 0.6 is 11.6 Å². The van der Waals surface area contributed by atoms with Gasteiger partial charge in [-0.25, -0.2) is 0 Å². The normalized spacial score (nSPS) is 26.5. The highest BCUT2D eigenvalue weighted by atomic mass is 35.5. The van der Waals surface area contributed by atoms with Gasteiger partial charge in [0.2, 0.25) is 11.4 Å². The molecule has 1 spiro atoms. The second kappa shape index (κ2) is 5.02. The maximum Gasteiger partial charge on any atom is 0.231 e. The van der Waals surface area contributed by atoms with Crippen molar-refractivity contribution in [1.29, 1.82) is 0 Å². The Kier molecular flexibility index (Phi) is 3.40. The van der Waals surface area contributed by atoms with E-state index in [4.69, 9.17) is 25.8 Å². The zero-order chi connectivity index (χ0) is 16.1. The van der Waals surface area contributed by atoms with Gasteiger partial charge in [-0.3, -0.25) is 9.59 Å². The molecular weight excluding hydrogens is 308 g/mol. The number of benzene rings is 1. The van der Waals surface area contributed by atoms with Gasteiger partial charge in [-0.15, -0.1) is 0 Å². The van der Waals surface area contributed by atoms with Crippen LogP contribution in [0.5, 0.6) is 11.5 Å². The van der Waals surface area contributed by atoms with Crippen LogP contribution in [0.15, 0.2) is 24.0 Å². The molecule has 3 rings (SSSR count). The largest absolute Gasteiger partial charge is 0.496 e. The van der Waals surface area contributed by atoms with Crippen LogP contribution in [-0.2, 0) is 9.53 Å². The first kappa shape index (κ1) is 14.9.